The zero-order valence-corrected chi connectivity index (χ0v) is 15.6. The lowest BCUT2D eigenvalue weighted by Crippen LogP contribution is -2.39. The highest BCUT2D eigenvalue weighted by atomic mass is 35.5. The second-order valence-corrected chi connectivity index (χ2v) is 6.69. The summed E-state index contributed by atoms with van der Waals surface area (Å²) in [5, 5.41) is 16.6. The van der Waals surface area contributed by atoms with Gasteiger partial charge in [-0.1, -0.05) is 11.6 Å². The van der Waals surface area contributed by atoms with E-state index in [4.69, 9.17) is 21.4 Å². The Morgan fingerprint density at radius 2 is 2.21 bits per heavy atom. The van der Waals surface area contributed by atoms with Crippen molar-refractivity contribution in [3.05, 3.63) is 29.5 Å². The first-order valence-electron chi connectivity index (χ1n) is 8.77. The first kappa shape index (κ1) is 18.5. The molecule has 1 aromatic carbocycles. The predicted octanol–water partition coefficient (Wildman–Crippen LogP) is 2.20. The number of morpholine rings is 1. The van der Waals surface area contributed by atoms with Crippen LogP contribution in [-0.2, 0) is 4.74 Å². The number of imidazole rings is 1. The second kappa shape index (κ2) is 8.05. The molecule has 0 radical (unpaired) electrons. The van der Waals surface area contributed by atoms with Crippen LogP contribution in [0.15, 0.2) is 24.5 Å². The number of nitrogens with zero attached hydrogens (tertiary/aromatic N) is 4. The van der Waals surface area contributed by atoms with Crippen LogP contribution < -0.4 is 10.1 Å². The van der Waals surface area contributed by atoms with Gasteiger partial charge in [0.25, 0.3) is 0 Å². The molecule has 11 heteroatoms. The molecule has 4 rings (SSSR count). The van der Waals surface area contributed by atoms with Crippen molar-refractivity contribution in [1.29, 1.82) is 0 Å². The maximum atomic E-state index is 10.6. The number of H-pyrrole nitrogens is 1. The fraction of sp³-hybridized carbons (Fsp3) is 0.353. The molecule has 3 heterocycles. The van der Waals surface area contributed by atoms with Crippen molar-refractivity contribution in [1.82, 2.24) is 24.6 Å². The van der Waals surface area contributed by atoms with Gasteiger partial charge in [-0.05, 0) is 12.1 Å². The summed E-state index contributed by atoms with van der Waals surface area (Å²) in [7, 11) is 0. The third kappa shape index (κ3) is 4.19. The minimum Gasteiger partial charge on any atom is -0.449 e. The molecule has 0 atom stereocenters. The van der Waals surface area contributed by atoms with Crippen LogP contribution in [0.1, 0.15) is 0 Å². The van der Waals surface area contributed by atoms with E-state index in [1.807, 2.05) is 6.07 Å². The molecule has 0 aliphatic carbocycles. The van der Waals surface area contributed by atoms with Gasteiger partial charge in [0, 0.05) is 26.2 Å². The van der Waals surface area contributed by atoms with Gasteiger partial charge < -0.3 is 24.9 Å². The number of aromatic nitrogens is 4. The number of nitrogens with one attached hydrogen (secondary N) is 2. The molecule has 0 amide bonds. The molecule has 1 aliphatic heterocycles. The molecule has 1 saturated heterocycles. The summed E-state index contributed by atoms with van der Waals surface area (Å²) < 4.78 is 11.3. The number of halogens is 1. The van der Waals surface area contributed by atoms with Crippen LogP contribution in [0.3, 0.4) is 0 Å². The Morgan fingerprint density at radius 1 is 1.39 bits per heavy atom. The smallest absolute Gasteiger partial charge is 0.449 e. The van der Waals surface area contributed by atoms with E-state index in [0.29, 0.717) is 16.5 Å². The zero-order valence-electron chi connectivity index (χ0n) is 14.9. The predicted molar refractivity (Wildman–Crippen MR) is 103 cm³/mol. The fourth-order valence-corrected chi connectivity index (χ4v) is 3.24. The quantitative estimate of drug-likeness (QED) is 0.533. The molecule has 2 aromatic heterocycles. The van der Waals surface area contributed by atoms with E-state index in [1.54, 1.807) is 6.07 Å². The molecule has 3 N–H and O–H groups in total. The molecule has 0 unspecified atom stereocenters. The van der Waals surface area contributed by atoms with Crippen molar-refractivity contribution in [2.24, 2.45) is 0 Å². The number of anilines is 1. The largest absolute Gasteiger partial charge is 0.511 e. The minimum atomic E-state index is -1.40. The second-order valence-electron chi connectivity index (χ2n) is 6.28. The highest BCUT2D eigenvalue weighted by Gasteiger charge is 2.13. The monoisotopic (exact) mass is 406 g/mol. The summed E-state index contributed by atoms with van der Waals surface area (Å²) in [6, 6.07) is 3.66. The lowest BCUT2D eigenvalue weighted by molar-refractivity contribution is 0.0398. The molecule has 1 aliphatic rings. The van der Waals surface area contributed by atoms with Crippen molar-refractivity contribution >= 4 is 34.5 Å². The number of benzene rings is 1. The molecular weight excluding hydrogens is 388 g/mol. The molecular formula is C17H19ClN6O4. The lowest BCUT2D eigenvalue weighted by Gasteiger charge is -2.26. The van der Waals surface area contributed by atoms with Gasteiger partial charge in [0.05, 0.1) is 47.4 Å². The van der Waals surface area contributed by atoms with E-state index < -0.39 is 6.16 Å². The molecule has 0 saturated carbocycles. The standard InChI is InChI=1S/C17H19ClN6O4/c18-12-7-14-15(8-13(12)19-1-2-23-3-5-27-6-4-23)22-16(21-14)24-10-11(9-20-24)28-17(25)26/h7-10,19H,1-6H2,(H,21,22)(H,25,26). The lowest BCUT2D eigenvalue weighted by atomic mass is 10.2. The van der Waals surface area contributed by atoms with Crippen molar-refractivity contribution in [2.75, 3.05) is 44.7 Å². The van der Waals surface area contributed by atoms with Crippen LogP contribution in [0.25, 0.3) is 17.0 Å². The molecule has 0 bridgehead atoms. The maximum absolute atomic E-state index is 10.6. The van der Waals surface area contributed by atoms with Gasteiger partial charge in [-0.25, -0.2) is 14.5 Å². The highest BCUT2D eigenvalue weighted by molar-refractivity contribution is 6.34. The number of carbonyl (C=O) groups is 1. The fourth-order valence-electron chi connectivity index (χ4n) is 3.01. The molecule has 1 fully saturated rings. The number of ether oxygens (including phenoxy) is 2. The number of fused-ring (bicyclic) bond motifs is 1. The Morgan fingerprint density at radius 3 is 3.00 bits per heavy atom. The first-order chi connectivity index (χ1) is 13.6. The van der Waals surface area contributed by atoms with E-state index >= 15 is 0 Å². The Bertz CT molecular complexity index is 981. The molecule has 0 spiro atoms. The average molecular weight is 407 g/mol. The van der Waals surface area contributed by atoms with Gasteiger partial charge in [0.2, 0.25) is 5.95 Å². The Hall–Kier alpha value is -2.82. The van der Waals surface area contributed by atoms with Crippen LogP contribution in [-0.4, -0.2) is 75.3 Å². The number of rotatable bonds is 6. The van der Waals surface area contributed by atoms with Crippen LogP contribution in [0.4, 0.5) is 10.5 Å². The topological polar surface area (TPSA) is 118 Å². The van der Waals surface area contributed by atoms with E-state index in [2.05, 4.69) is 30.0 Å². The van der Waals surface area contributed by atoms with Gasteiger partial charge in [0.1, 0.15) is 0 Å². The van der Waals surface area contributed by atoms with Gasteiger partial charge in [-0.3, -0.25) is 4.90 Å². The average Bonchev–Trinajstić information content (AvgIpc) is 3.29. The molecule has 10 nitrogen and oxygen atoms in total. The Balaban J connectivity index is 1.47. The van der Waals surface area contributed by atoms with E-state index in [9.17, 15) is 4.79 Å². The first-order valence-corrected chi connectivity index (χ1v) is 9.15. The normalized spacial score (nSPS) is 15.0. The van der Waals surface area contributed by atoms with Crippen molar-refractivity contribution in [3.63, 3.8) is 0 Å². The van der Waals surface area contributed by atoms with Crippen LogP contribution in [0, 0.1) is 0 Å². The minimum absolute atomic E-state index is 0.108. The molecule has 28 heavy (non-hydrogen) atoms. The number of hydrogen-bond donors (Lipinski definition) is 3. The van der Waals surface area contributed by atoms with Crippen molar-refractivity contribution < 1.29 is 19.4 Å². The van der Waals surface area contributed by atoms with Crippen LogP contribution in [0.5, 0.6) is 5.75 Å². The summed E-state index contributed by atoms with van der Waals surface area (Å²) in [5.74, 6) is 0.535. The van der Waals surface area contributed by atoms with Gasteiger partial charge in [-0.15, -0.1) is 0 Å². The molecule has 3 aromatic rings. The summed E-state index contributed by atoms with van der Waals surface area (Å²) in [4.78, 5) is 20.5. The highest BCUT2D eigenvalue weighted by Crippen LogP contribution is 2.27. The van der Waals surface area contributed by atoms with Crippen LogP contribution in [0.2, 0.25) is 5.02 Å². The van der Waals surface area contributed by atoms with Gasteiger partial charge in [0.15, 0.2) is 5.75 Å². The molecule has 148 valence electrons. The van der Waals surface area contributed by atoms with Crippen molar-refractivity contribution in [3.8, 4) is 11.7 Å². The summed E-state index contributed by atoms with van der Waals surface area (Å²) in [6.45, 7) is 5.09. The summed E-state index contributed by atoms with van der Waals surface area (Å²) in [5.41, 5.74) is 2.26. The number of aromatic amines is 1. The third-order valence-electron chi connectivity index (χ3n) is 4.39. The van der Waals surface area contributed by atoms with Crippen LogP contribution >= 0.6 is 11.6 Å². The number of carboxylic acid groups (broad SMARTS) is 1. The van der Waals surface area contributed by atoms with E-state index in [1.165, 1.54) is 17.1 Å². The summed E-state index contributed by atoms with van der Waals surface area (Å²) in [6.07, 6.45) is 1.32. The Labute approximate surface area is 165 Å². The Kier molecular flexibility index (Phi) is 5.33. The van der Waals surface area contributed by atoms with E-state index in [-0.39, 0.29) is 5.75 Å². The third-order valence-corrected chi connectivity index (χ3v) is 4.70. The van der Waals surface area contributed by atoms with Gasteiger partial charge >= 0.3 is 6.16 Å². The maximum Gasteiger partial charge on any atom is 0.511 e. The number of hydrogen-bond acceptors (Lipinski definition) is 7. The SMILES string of the molecule is O=C(O)Oc1cnn(-c2nc3cc(NCCN4CCOCC4)c(Cl)cc3[nH]2)c1. The van der Waals surface area contributed by atoms with Crippen molar-refractivity contribution in [2.45, 2.75) is 0 Å². The zero-order chi connectivity index (χ0) is 19.5. The summed E-state index contributed by atoms with van der Waals surface area (Å²) >= 11 is 6.39. The van der Waals surface area contributed by atoms with Gasteiger partial charge in [-0.2, -0.15) is 5.10 Å². The van der Waals surface area contributed by atoms with E-state index in [0.717, 1.165) is 50.6 Å².